The standard InChI is InChI=1S/C23H17BrN4S/c1-13-5-8-20-15(9-13)11-21(29-20)14-6-7-19-18(10-14)22(28-23(25)27-19)26-17-4-2-3-16(24)12-17/h2-12H,1H3,(H3,25,26,27,28). The number of benzene rings is 3. The van der Waals surface area contributed by atoms with Gasteiger partial charge in [-0.25, -0.2) is 4.98 Å². The zero-order valence-electron chi connectivity index (χ0n) is 15.6. The van der Waals surface area contributed by atoms with Crippen molar-refractivity contribution in [2.24, 2.45) is 0 Å². The largest absolute Gasteiger partial charge is 0.368 e. The van der Waals surface area contributed by atoms with E-state index in [1.807, 2.05) is 30.3 Å². The fraction of sp³-hybridized carbons (Fsp3) is 0.0435. The van der Waals surface area contributed by atoms with Crippen molar-refractivity contribution in [2.45, 2.75) is 6.92 Å². The highest BCUT2D eigenvalue weighted by molar-refractivity contribution is 9.10. The van der Waals surface area contributed by atoms with Gasteiger partial charge in [0, 0.05) is 25.1 Å². The molecule has 0 spiro atoms. The van der Waals surface area contributed by atoms with E-state index in [0.29, 0.717) is 5.82 Å². The summed E-state index contributed by atoms with van der Waals surface area (Å²) < 4.78 is 2.28. The van der Waals surface area contributed by atoms with E-state index in [1.165, 1.54) is 20.5 Å². The highest BCUT2D eigenvalue weighted by Crippen LogP contribution is 2.36. The van der Waals surface area contributed by atoms with Gasteiger partial charge in [0.2, 0.25) is 5.95 Å². The molecule has 0 aliphatic rings. The second-order valence-electron chi connectivity index (χ2n) is 6.95. The number of aryl methyl sites for hydroxylation is 1. The van der Waals surface area contributed by atoms with E-state index in [9.17, 15) is 0 Å². The second-order valence-corrected chi connectivity index (χ2v) is 8.95. The molecule has 3 N–H and O–H groups in total. The van der Waals surface area contributed by atoms with Crippen molar-refractivity contribution in [3.63, 3.8) is 0 Å². The van der Waals surface area contributed by atoms with Gasteiger partial charge in [0.25, 0.3) is 0 Å². The van der Waals surface area contributed by atoms with Gasteiger partial charge < -0.3 is 11.1 Å². The Kier molecular flexibility index (Phi) is 4.45. The number of aromatic nitrogens is 2. The molecular weight excluding hydrogens is 444 g/mol. The summed E-state index contributed by atoms with van der Waals surface area (Å²) in [4.78, 5) is 10.1. The molecule has 2 heterocycles. The first-order valence-corrected chi connectivity index (χ1v) is 10.8. The number of hydrogen-bond acceptors (Lipinski definition) is 5. The number of anilines is 3. The average Bonchev–Trinajstić information content (AvgIpc) is 3.11. The zero-order valence-corrected chi connectivity index (χ0v) is 18.0. The zero-order chi connectivity index (χ0) is 20.0. The van der Waals surface area contributed by atoms with Crippen molar-refractivity contribution in [1.82, 2.24) is 9.97 Å². The molecule has 0 saturated heterocycles. The Morgan fingerprint density at radius 2 is 1.86 bits per heavy atom. The first-order valence-electron chi connectivity index (χ1n) is 9.16. The van der Waals surface area contributed by atoms with Gasteiger partial charge in [0.05, 0.1) is 5.52 Å². The number of thiophene rings is 1. The third kappa shape index (κ3) is 3.57. The predicted molar refractivity (Wildman–Crippen MR) is 127 cm³/mol. The van der Waals surface area contributed by atoms with Gasteiger partial charge >= 0.3 is 0 Å². The number of nitrogens with two attached hydrogens (primary N) is 1. The molecule has 142 valence electrons. The predicted octanol–water partition coefficient (Wildman–Crippen LogP) is 6.91. The quantitative estimate of drug-likeness (QED) is 0.307. The number of nitrogen functional groups attached to an aromatic ring is 1. The number of rotatable bonds is 3. The van der Waals surface area contributed by atoms with E-state index in [4.69, 9.17) is 5.73 Å². The summed E-state index contributed by atoms with van der Waals surface area (Å²) in [6.45, 7) is 2.12. The summed E-state index contributed by atoms with van der Waals surface area (Å²) in [5, 5.41) is 5.59. The van der Waals surface area contributed by atoms with Gasteiger partial charge in [-0.05, 0) is 60.3 Å². The van der Waals surface area contributed by atoms with Crippen LogP contribution in [0, 0.1) is 6.92 Å². The molecule has 0 atom stereocenters. The summed E-state index contributed by atoms with van der Waals surface area (Å²) in [6, 6.07) is 23.0. The maximum atomic E-state index is 5.95. The first-order chi connectivity index (χ1) is 14.0. The molecule has 0 amide bonds. The van der Waals surface area contributed by atoms with E-state index in [-0.39, 0.29) is 5.95 Å². The van der Waals surface area contributed by atoms with Gasteiger partial charge in [-0.2, -0.15) is 4.98 Å². The molecule has 5 aromatic rings. The highest BCUT2D eigenvalue weighted by atomic mass is 79.9. The number of nitrogens with one attached hydrogen (secondary N) is 1. The van der Waals surface area contributed by atoms with Crippen LogP contribution >= 0.6 is 27.3 Å². The van der Waals surface area contributed by atoms with Gasteiger partial charge in [-0.15, -0.1) is 11.3 Å². The Morgan fingerprint density at radius 3 is 2.72 bits per heavy atom. The summed E-state index contributed by atoms with van der Waals surface area (Å²) in [7, 11) is 0. The van der Waals surface area contributed by atoms with Crippen LogP contribution in [0.25, 0.3) is 31.4 Å². The van der Waals surface area contributed by atoms with Crippen LogP contribution in [0.2, 0.25) is 0 Å². The summed E-state index contributed by atoms with van der Waals surface area (Å²) in [5.74, 6) is 0.949. The van der Waals surface area contributed by atoms with Crippen LogP contribution in [0.4, 0.5) is 17.5 Å². The van der Waals surface area contributed by atoms with E-state index in [0.717, 1.165) is 26.6 Å². The summed E-state index contributed by atoms with van der Waals surface area (Å²) in [5.41, 5.74) is 10.1. The lowest BCUT2D eigenvalue weighted by atomic mass is 10.1. The normalized spacial score (nSPS) is 11.2. The molecule has 0 aliphatic heterocycles. The van der Waals surface area contributed by atoms with Gasteiger partial charge in [0.1, 0.15) is 5.82 Å². The molecule has 29 heavy (non-hydrogen) atoms. The average molecular weight is 461 g/mol. The molecule has 0 bridgehead atoms. The van der Waals surface area contributed by atoms with Crippen molar-refractivity contribution < 1.29 is 0 Å². The minimum atomic E-state index is 0.250. The van der Waals surface area contributed by atoms with Crippen LogP contribution in [0.15, 0.2) is 71.2 Å². The number of halogens is 1. The SMILES string of the molecule is Cc1ccc2sc(-c3ccc4nc(N)nc(Nc5cccc(Br)c5)c4c3)cc2c1. The molecule has 3 aromatic carbocycles. The molecule has 6 heteroatoms. The third-order valence-corrected chi connectivity index (χ3v) is 6.42. The van der Waals surface area contributed by atoms with Crippen molar-refractivity contribution >= 4 is 65.7 Å². The first kappa shape index (κ1) is 18.1. The Labute approximate surface area is 180 Å². The van der Waals surface area contributed by atoms with Crippen LogP contribution < -0.4 is 11.1 Å². The van der Waals surface area contributed by atoms with Crippen molar-refractivity contribution in [1.29, 1.82) is 0 Å². The second kappa shape index (κ2) is 7.13. The summed E-state index contributed by atoms with van der Waals surface area (Å²) >= 11 is 5.30. The minimum Gasteiger partial charge on any atom is -0.368 e. The minimum absolute atomic E-state index is 0.250. The Morgan fingerprint density at radius 1 is 0.966 bits per heavy atom. The molecule has 0 aliphatic carbocycles. The van der Waals surface area contributed by atoms with E-state index in [2.05, 4.69) is 74.5 Å². The van der Waals surface area contributed by atoms with Crippen LogP contribution in [0.5, 0.6) is 0 Å². The lowest BCUT2D eigenvalue weighted by molar-refractivity contribution is 1.23. The Bertz CT molecular complexity index is 1380. The molecule has 0 unspecified atom stereocenters. The lowest BCUT2D eigenvalue weighted by Crippen LogP contribution is -2.01. The van der Waals surface area contributed by atoms with Crippen molar-refractivity contribution in [3.05, 3.63) is 76.8 Å². The number of hydrogen-bond donors (Lipinski definition) is 2. The van der Waals surface area contributed by atoms with Crippen LogP contribution in [0.3, 0.4) is 0 Å². The lowest BCUT2D eigenvalue weighted by Gasteiger charge is -2.11. The topological polar surface area (TPSA) is 63.8 Å². The van der Waals surface area contributed by atoms with Crippen molar-refractivity contribution in [2.75, 3.05) is 11.1 Å². The molecule has 4 nitrogen and oxygen atoms in total. The monoisotopic (exact) mass is 460 g/mol. The maximum Gasteiger partial charge on any atom is 0.222 e. The fourth-order valence-corrected chi connectivity index (χ4v) is 4.84. The third-order valence-electron chi connectivity index (χ3n) is 4.76. The van der Waals surface area contributed by atoms with Gasteiger partial charge in [-0.1, -0.05) is 45.8 Å². The highest BCUT2D eigenvalue weighted by Gasteiger charge is 2.11. The van der Waals surface area contributed by atoms with Crippen molar-refractivity contribution in [3.8, 4) is 10.4 Å². The molecule has 0 saturated carbocycles. The molecule has 0 radical (unpaired) electrons. The van der Waals surface area contributed by atoms with Crippen LogP contribution in [-0.4, -0.2) is 9.97 Å². The Balaban J connectivity index is 1.63. The van der Waals surface area contributed by atoms with Gasteiger partial charge in [0.15, 0.2) is 0 Å². The maximum absolute atomic E-state index is 5.95. The van der Waals surface area contributed by atoms with Crippen LogP contribution in [0.1, 0.15) is 5.56 Å². The van der Waals surface area contributed by atoms with E-state index in [1.54, 1.807) is 11.3 Å². The van der Waals surface area contributed by atoms with Gasteiger partial charge in [-0.3, -0.25) is 0 Å². The number of fused-ring (bicyclic) bond motifs is 2. The Hall–Kier alpha value is -2.96. The number of nitrogens with zero attached hydrogens (tertiary/aromatic N) is 2. The molecular formula is C23H17BrN4S. The molecule has 0 fully saturated rings. The molecule has 2 aromatic heterocycles. The smallest absolute Gasteiger partial charge is 0.222 e. The van der Waals surface area contributed by atoms with Crippen LogP contribution in [-0.2, 0) is 0 Å². The fourth-order valence-electron chi connectivity index (χ4n) is 3.40. The summed E-state index contributed by atoms with van der Waals surface area (Å²) in [6.07, 6.45) is 0. The van der Waals surface area contributed by atoms with E-state index < -0.39 is 0 Å². The molecule has 5 rings (SSSR count). The van der Waals surface area contributed by atoms with E-state index >= 15 is 0 Å².